The summed E-state index contributed by atoms with van der Waals surface area (Å²) in [6.45, 7) is 0.663. The molecule has 0 bridgehead atoms. The molecule has 1 aromatic rings. The van der Waals surface area contributed by atoms with Crippen LogP contribution >= 0.6 is 11.6 Å². The number of hydrogen-bond donors (Lipinski definition) is 2. The smallest absolute Gasteiger partial charge is 0.225 e. The Bertz CT molecular complexity index is 315. The maximum absolute atomic E-state index is 11.3. The molecular weight excluding hydrogens is 200 g/mol. The molecule has 1 aromatic carbocycles. The Kier molecular flexibility index (Phi) is 4.43. The molecule has 1 amide bonds. The maximum Gasteiger partial charge on any atom is 0.225 e. The summed E-state index contributed by atoms with van der Waals surface area (Å²) in [5.74, 6) is -0.0348. The van der Waals surface area contributed by atoms with Crippen LogP contribution in [0.25, 0.3) is 0 Å². The van der Waals surface area contributed by atoms with Gasteiger partial charge in [0.25, 0.3) is 0 Å². The molecular formula is C10H13ClN2O. The molecule has 0 unspecified atom stereocenters. The molecule has 0 aliphatic heterocycles. The molecule has 4 heteroatoms. The lowest BCUT2D eigenvalue weighted by atomic mass is 10.3. The summed E-state index contributed by atoms with van der Waals surface area (Å²) < 4.78 is 0. The molecule has 0 saturated carbocycles. The van der Waals surface area contributed by atoms with Crippen molar-refractivity contribution in [3.63, 3.8) is 0 Å². The summed E-state index contributed by atoms with van der Waals surface area (Å²) in [5.41, 5.74) is 0.662. The van der Waals surface area contributed by atoms with Crippen molar-refractivity contribution in [3.05, 3.63) is 29.3 Å². The molecule has 0 aromatic heterocycles. The van der Waals surface area contributed by atoms with Crippen LogP contribution in [0.1, 0.15) is 6.42 Å². The van der Waals surface area contributed by atoms with E-state index < -0.39 is 0 Å². The van der Waals surface area contributed by atoms with Gasteiger partial charge in [-0.15, -0.1) is 0 Å². The van der Waals surface area contributed by atoms with Gasteiger partial charge in [-0.3, -0.25) is 4.79 Å². The Labute approximate surface area is 88.5 Å². The minimum Gasteiger partial charge on any atom is -0.325 e. The fourth-order valence-electron chi connectivity index (χ4n) is 1.01. The highest BCUT2D eigenvalue weighted by molar-refractivity contribution is 6.33. The van der Waals surface area contributed by atoms with Crippen LogP contribution in [0.3, 0.4) is 0 Å². The largest absolute Gasteiger partial charge is 0.325 e. The second-order valence-corrected chi connectivity index (χ2v) is 3.29. The third-order valence-electron chi connectivity index (χ3n) is 1.75. The topological polar surface area (TPSA) is 41.1 Å². The van der Waals surface area contributed by atoms with Crippen LogP contribution in [0, 0.1) is 0 Å². The monoisotopic (exact) mass is 212 g/mol. The Morgan fingerprint density at radius 2 is 2.14 bits per heavy atom. The first-order valence-corrected chi connectivity index (χ1v) is 4.81. The van der Waals surface area contributed by atoms with E-state index >= 15 is 0 Å². The van der Waals surface area contributed by atoms with Gasteiger partial charge in [0.05, 0.1) is 10.7 Å². The lowest BCUT2D eigenvalue weighted by molar-refractivity contribution is -0.116. The van der Waals surface area contributed by atoms with Crippen molar-refractivity contribution in [1.29, 1.82) is 0 Å². The van der Waals surface area contributed by atoms with Gasteiger partial charge in [0.2, 0.25) is 5.91 Å². The van der Waals surface area contributed by atoms with Crippen LogP contribution in [-0.2, 0) is 4.79 Å². The predicted molar refractivity (Wildman–Crippen MR) is 58.6 cm³/mol. The van der Waals surface area contributed by atoms with Gasteiger partial charge in [-0.2, -0.15) is 0 Å². The number of halogens is 1. The van der Waals surface area contributed by atoms with E-state index in [1.165, 1.54) is 0 Å². The highest BCUT2D eigenvalue weighted by atomic mass is 35.5. The van der Waals surface area contributed by atoms with Crippen molar-refractivity contribution in [2.75, 3.05) is 18.9 Å². The molecule has 0 atom stereocenters. The van der Waals surface area contributed by atoms with Crippen molar-refractivity contribution in [1.82, 2.24) is 5.32 Å². The zero-order valence-electron chi connectivity index (χ0n) is 8.01. The second-order valence-electron chi connectivity index (χ2n) is 2.88. The van der Waals surface area contributed by atoms with E-state index in [0.29, 0.717) is 23.7 Å². The first-order valence-electron chi connectivity index (χ1n) is 4.43. The minimum atomic E-state index is -0.0348. The number of rotatable bonds is 4. The summed E-state index contributed by atoms with van der Waals surface area (Å²) in [5, 5.41) is 6.20. The number of nitrogens with one attached hydrogen (secondary N) is 2. The molecule has 0 fully saturated rings. The number of para-hydroxylation sites is 1. The fourth-order valence-corrected chi connectivity index (χ4v) is 1.20. The number of carbonyl (C=O) groups excluding carboxylic acids is 1. The quantitative estimate of drug-likeness (QED) is 0.801. The SMILES string of the molecule is CNCCC(=O)Nc1ccccc1Cl. The highest BCUT2D eigenvalue weighted by Crippen LogP contribution is 2.20. The van der Waals surface area contributed by atoms with E-state index in [0.717, 1.165) is 0 Å². The van der Waals surface area contributed by atoms with Gasteiger partial charge in [0.1, 0.15) is 0 Å². The number of carbonyl (C=O) groups is 1. The van der Waals surface area contributed by atoms with Crippen LogP contribution in [0.15, 0.2) is 24.3 Å². The van der Waals surface area contributed by atoms with E-state index in [9.17, 15) is 4.79 Å². The molecule has 1 rings (SSSR count). The third-order valence-corrected chi connectivity index (χ3v) is 2.08. The van der Waals surface area contributed by atoms with E-state index in [2.05, 4.69) is 10.6 Å². The number of hydrogen-bond acceptors (Lipinski definition) is 2. The van der Waals surface area contributed by atoms with Crippen LogP contribution < -0.4 is 10.6 Å². The zero-order valence-corrected chi connectivity index (χ0v) is 8.77. The van der Waals surface area contributed by atoms with Crippen molar-refractivity contribution >= 4 is 23.2 Å². The first-order chi connectivity index (χ1) is 6.74. The Balaban J connectivity index is 2.52. The lowest BCUT2D eigenvalue weighted by Crippen LogP contribution is -2.18. The first kappa shape index (κ1) is 11.0. The molecule has 0 heterocycles. The van der Waals surface area contributed by atoms with Crippen molar-refractivity contribution in [2.24, 2.45) is 0 Å². The van der Waals surface area contributed by atoms with Crippen molar-refractivity contribution in [2.45, 2.75) is 6.42 Å². The molecule has 0 spiro atoms. The summed E-state index contributed by atoms with van der Waals surface area (Å²) in [7, 11) is 1.81. The second kappa shape index (κ2) is 5.62. The van der Waals surface area contributed by atoms with Crippen molar-refractivity contribution < 1.29 is 4.79 Å². The summed E-state index contributed by atoms with van der Waals surface area (Å²) in [6, 6.07) is 7.18. The molecule has 0 saturated heterocycles. The van der Waals surface area contributed by atoms with Crippen LogP contribution in [0.4, 0.5) is 5.69 Å². The van der Waals surface area contributed by atoms with Gasteiger partial charge in [0, 0.05) is 13.0 Å². The molecule has 3 nitrogen and oxygen atoms in total. The number of anilines is 1. The number of amides is 1. The summed E-state index contributed by atoms with van der Waals surface area (Å²) in [4.78, 5) is 11.3. The third kappa shape index (κ3) is 3.36. The maximum atomic E-state index is 11.3. The molecule has 14 heavy (non-hydrogen) atoms. The predicted octanol–water partition coefficient (Wildman–Crippen LogP) is 1.89. The van der Waals surface area contributed by atoms with Crippen LogP contribution in [0.2, 0.25) is 5.02 Å². The Hall–Kier alpha value is -1.06. The average molecular weight is 213 g/mol. The van der Waals surface area contributed by atoms with Gasteiger partial charge in [-0.1, -0.05) is 23.7 Å². The average Bonchev–Trinajstić information content (AvgIpc) is 2.18. The highest BCUT2D eigenvalue weighted by Gasteiger charge is 2.03. The zero-order chi connectivity index (χ0) is 10.4. The van der Waals surface area contributed by atoms with E-state index in [-0.39, 0.29) is 5.91 Å². The molecule has 0 radical (unpaired) electrons. The molecule has 0 aliphatic carbocycles. The van der Waals surface area contributed by atoms with Gasteiger partial charge in [-0.25, -0.2) is 0 Å². The van der Waals surface area contributed by atoms with Crippen LogP contribution in [0.5, 0.6) is 0 Å². The lowest BCUT2D eigenvalue weighted by Gasteiger charge is -2.06. The fraction of sp³-hybridized carbons (Fsp3) is 0.300. The van der Waals surface area contributed by atoms with E-state index in [4.69, 9.17) is 11.6 Å². The van der Waals surface area contributed by atoms with Gasteiger partial charge in [-0.05, 0) is 19.2 Å². The van der Waals surface area contributed by atoms with E-state index in [1.54, 1.807) is 12.1 Å². The van der Waals surface area contributed by atoms with Gasteiger partial charge in [0.15, 0.2) is 0 Å². The Morgan fingerprint density at radius 3 is 2.79 bits per heavy atom. The van der Waals surface area contributed by atoms with Gasteiger partial charge >= 0.3 is 0 Å². The van der Waals surface area contributed by atoms with Crippen LogP contribution in [-0.4, -0.2) is 19.5 Å². The summed E-state index contributed by atoms with van der Waals surface area (Å²) >= 11 is 5.87. The standard InChI is InChI=1S/C10H13ClN2O/c1-12-7-6-10(14)13-9-5-3-2-4-8(9)11/h2-5,12H,6-7H2,1H3,(H,13,14). The molecule has 76 valence electrons. The summed E-state index contributed by atoms with van der Waals surface area (Å²) in [6.07, 6.45) is 0.446. The molecule has 0 aliphatic rings. The minimum absolute atomic E-state index is 0.0348. The van der Waals surface area contributed by atoms with Crippen molar-refractivity contribution in [3.8, 4) is 0 Å². The van der Waals surface area contributed by atoms with E-state index in [1.807, 2.05) is 19.2 Å². The number of benzene rings is 1. The normalized spacial score (nSPS) is 9.86. The molecule has 2 N–H and O–H groups in total. The van der Waals surface area contributed by atoms with Gasteiger partial charge < -0.3 is 10.6 Å². The Morgan fingerprint density at radius 1 is 1.43 bits per heavy atom.